The molecule has 0 bridgehead atoms. The second-order valence-corrected chi connectivity index (χ2v) is 3.23. The lowest BCUT2D eigenvalue weighted by Crippen LogP contribution is -2.06. The van der Waals surface area contributed by atoms with Crippen molar-refractivity contribution in [3.63, 3.8) is 0 Å². The summed E-state index contributed by atoms with van der Waals surface area (Å²) in [6.07, 6.45) is 3.49. The quantitative estimate of drug-likeness (QED) is 0.675. The third-order valence-electron chi connectivity index (χ3n) is 1.84. The van der Waals surface area contributed by atoms with Crippen LogP contribution in [0.1, 0.15) is 26.2 Å². The molecule has 2 N–H and O–H groups in total. The number of carbonyl (C=O) groups is 1. The molecular formula is C10H18O4. The smallest absolute Gasteiger partial charge is 0.330 e. The highest BCUT2D eigenvalue weighted by atomic mass is 16.5. The third-order valence-corrected chi connectivity index (χ3v) is 1.84. The Kier molecular flexibility index (Phi) is 7.06. The van der Waals surface area contributed by atoms with Crippen LogP contribution in [0.3, 0.4) is 0 Å². The third kappa shape index (κ3) is 6.62. The topological polar surface area (TPSA) is 66.8 Å². The minimum absolute atomic E-state index is 0.176. The van der Waals surface area contributed by atoms with Crippen molar-refractivity contribution in [2.45, 2.75) is 32.3 Å². The lowest BCUT2D eigenvalue weighted by molar-refractivity contribution is -0.132. The summed E-state index contributed by atoms with van der Waals surface area (Å²) in [4.78, 5) is 9.60. The van der Waals surface area contributed by atoms with Gasteiger partial charge in [-0.25, -0.2) is 4.79 Å². The lowest BCUT2D eigenvalue weighted by Gasteiger charge is -2.03. The van der Waals surface area contributed by atoms with Crippen molar-refractivity contribution in [2.75, 3.05) is 13.2 Å². The maximum Gasteiger partial charge on any atom is 0.330 e. The van der Waals surface area contributed by atoms with Gasteiger partial charge in [-0.3, -0.25) is 0 Å². The molecule has 1 saturated heterocycles. The van der Waals surface area contributed by atoms with E-state index in [2.05, 4.69) is 6.58 Å². The highest BCUT2D eigenvalue weighted by molar-refractivity contribution is 5.84. The Labute approximate surface area is 84.2 Å². The maximum atomic E-state index is 9.60. The molecule has 0 aromatic carbocycles. The van der Waals surface area contributed by atoms with Gasteiger partial charge < -0.3 is 14.9 Å². The second kappa shape index (κ2) is 7.53. The van der Waals surface area contributed by atoms with Crippen molar-refractivity contribution in [1.29, 1.82) is 0 Å². The van der Waals surface area contributed by atoms with Crippen molar-refractivity contribution >= 4 is 5.97 Å². The molecule has 0 aromatic heterocycles. The monoisotopic (exact) mass is 202 g/mol. The van der Waals surface area contributed by atoms with Crippen molar-refractivity contribution < 1.29 is 19.7 Å². The van der Waals surface area contributed by atoms with Crippen LogP contribution in [0.4, 0.5) is 0 Å². The van der Waals surface area contributed by atoms with E-state index in [-0.39, 0.29) is 12.2 Å². The Morgan fingerprint density at radius 1 is 1.64 bits per heavy atom. The molecule has 4 heteroatoms. The number of hydrogen-bond donors (Lipinski definition) is 2. The average Bonchev–Trinajstić information content (AvgIpc) is 2.58. The number of aliphatic carboxylic acids is 1. The molecule has 1 heterocycles. The Hall–Kier alpha value is -0.870. The van der Waals surface area contributed by atoms with E-state index < -0.39 is 5.97 Å². The van der Waals surface area contributed by atoms with E-state index in [1.54, 1.807) is 0 Å². The van der Waals surface area contributed by atoms with Gasteiger partial charge in [0.05, 0.1) is 6.10 Å². The van der Waals surface area contributed by atoms with Crippen molar-refractivity contribution in [1.82, 2.24) is 0 Å². The molecule has 4 nitrogen and oxygen atoms in total. The summed E-state index contributed by atoms with van der Waals surface area (Å²) in [6.45, 7) is 5.76. The van der Waals surface area contributed by atoms with Gasteiger partial charge in [-0.2, -0.15) is 0 Å². The normalized spacial score (nSPS) is 19.7. The van der Waals surface area contributed by atoms with Gasteiger partial charge in [0.2, 0.25) is 0 Å². The summed E-state index contributed by atoms with van der Waals surface area (Å²) in [5.41, 5.74) is 0.176. The standard InChI is InChI=1S/C6H12O2.C4H6O2/c7-4-3-6-2-1-5-8-6;1-3(2)4(5)6/h6-7H,1-5H2;1H2,2H3,(H,5,6). The molecule has 1 unspecified atom stereocenters. The number of carboxylic acid groups (broad SMARTS) is 1. The molecule has 1 atom stereocenters. The van der Waals surface area contributed by atoms with Gasteiger partial charge in [0.15, 0.2) is 0 Å². The molecular weight excluding hydrogens is 184 g/mol. The van der Waals surface area contributed by atoms with Crippen molar-refractivity contribution in [3.8, 4) is 0 Å². The first-order valence-corrected chi connectivity index (χ1v) is 4.69. The Bertz CT molecular complexity index is 171. The summed E-state index contributed by atoms with van der Waals surface area (Å²) in [5.74, 6) is -0.935. The minimum atomic E-state index is -0.935. The molecule has 0 saturated carbocycles. The fourth-order valence-corrected chi connectivity index (χ4v) is 1.02. The molecule has 0 aromatic rings. The van der Waals surface area contributed by atoms with E-state index in [4.69, 9.17) is 14.9 Å². The summed E-state index contributed by atoms with van der Waals surface area (Å²) < 4.78 is 5.23. The van der Waals surface area contributed by atoms with Crippen LogP contribution < -0.4 is 0 Å². The number of hydrogen-bond acceptors (Lipinski definition) is 3. The molecule has 82 valence electrons. The molecule has 0 radical (unpaired) electrons. The van der Waals surface area contributed by atoms with E-state index in [0.717, 1.165) is 19.4 Å². The minimum Gasteiger partial charge on any atom is -0.478 e. The SMILES string of the molecule is C=C(C)C(=O)O.OCCC1CCCO1. The zero-order chi connectivity index (χ0) is 11.0. The van der Waals surface area contributed by atoms with Gasteiger partial charge in [-0.1, -0.05) is 6.58 Å². The Balaban J connectivity index is 0.000000255. The van der Waals surface area contributed by atoms with Gasteiger partial charge in [-0.15, -0.1) is 0 Å². The van der Waals surface area contributed by atoms with Crippen LogP contribution in [0.2, 0.25) is 0 Å². The van der Waals surface area contributed by atoms with Crippen LogP contribution in [-0.4, -0.2) is 35.5 Å². The van der Waals surface area contributed by atoms with Crippen LogP contribution in [-0.2, 0) is 9.53 Å². The molecule has 14 heavy (non-hydrogen) atoms. The van der Waals surface area contributed by atoms with E-state index in [9.17, 15) is 4.79 Å². The highest BCUT2D eigenvalue weighted by Gasteiger charge is 2.13. The summed E-state index contributed by atoms with van der Waals surface area (Å²) >= 11 is 0. The number of aliphatic hydroxyl groups excluding tert-OH is 1. The first-order valence-electron chi connectivity index (χ1n) is 4.69. The van der Waals surface area contributed by atoms with Crippen molar-refractivity contribution in [2.24, 2.45) is 0 Å². The fourth-order valence-electron chi connectivity index (χ4n) is 1.02. The van der Waals surface area contributed by atoms with Gasteiger partial charge >= 0.3 is 5.97 Å². The van der Waals surface area contributed by atoms with Gasteiger partial charge in [0, 0.05) is 18.8 Å². The van der Waals surface area contributed by atoms with E-state index in [1.165, 1.54) is 13.3 Å². The zero-order valence-electron chi connectivity index (χ0n) is 8.53. The first kappa shape index (κ1) is 13.1. The summed E-state index contributed by atoms with van der Waals surface area (Å²) in [6, 6.07) is 0. The molecule has 0 spiro atoms. The average molecular weight is 202 g/mol. The van der Waals surface area contributed by atoms with Crippen molar-refractivity contribution in [3.05, 3.63) is 12.2 Å². The van der Waals surface area contributed by atoms with Crippen LogP contribution in [0, 0.1) is 0 Å². The summed E-state index contributed by atoms with van der Waals surface area (Å²) in [5, 5.41) is 16.3. The molecule has 1 rings (SSSR count). The number of carboxylic acids is 1. The van der Waals surface area contributed by atoms with Crippen LogP contribution in [0.5, 0.6) is 0 Å². The van der Waals surface area contributed by atoms with E-state index >= 15 is 0 Å². The Morgan fingerprint density at radius 3 is 2.50 bits per heavy atom. The van der Waals surface area contributed by atoms with E-state index in [0.29, 0.717) is 6.10 Å². The molecule has 0 amide bonds. The van der Waals surface area contributed by atoms with Gasteiger partial charge in [0.25, 0.3) is 0 Å². The molecule has 1 aliphatic heterocycles. The second-order valence-electron chi connectivity index (χ2n) is 3.23. The van der Waals surface area contributed by atoms with Crippen LogP contribution >= 0.6 is 0 Å². The highest BCUT2D eigenvalue weighted by Crippen LogP contribution is 2.13. The van der Waals surface area contributed by atoms with Gasteiger partial charge in [-0.05, 0) is 26.2 Å². The maximum absolute atomic E-state index is 9.60. The van der Waals surface area contributed by atoms with Crippen LogP contribution in [0.15, 0.2) is 12.2 Å². The number of rotatable bonds is 3. The number of aliphatic hydroxyl groups is 1. The first-order chi connectivity index (χ1) is 6.57. The predicted octanol–water partition coefficient (Wildman–Crippen LogP) is 1.19. The van der Waals surface area contributed by atoms with Gasteiger partial charge in [0.1, 0.15) is 0 Å². The molecule has 1 fully saturated rings. The fraction of sp³-hybridized carbons (Fsp3) is 0.700. The molecule has 1 aliphatic rings. The Morgan fingerprint density at radius 2 is 2.21 bits per heavy atom. The zero-order valence-corrected chi connectivity index (χ0v) is 8.53. The number of ether oxygens (including phenoxy) is 1. The molecule has 0 aliphatic carbocycles. The van der Waals surface area contributed by atoms with E-state index in [1.807, 2.05) is 0 Å². The predicted molar refractivity (Wildman–Crippen MR) is 53.1 cm³/mol. The largest absolute Gasteiger partial charge is 0.478 e. The summed E-state index contributed by atoms with van der Waals surface area (Å²) in [7, 11) is 0. The van der Waals surface area contributed by atoms with Crippen LogP contribution in [0.25, 0.3) is 0 Å². The lowest BCUT2D eigenvalue weighted by atomic mass is 10.2.